The maximum Gasteiger partial charge on any atom is 0.362 e. The number of carbonyl (C=O) groups is 1. The Hall–Kier alpha value is -2.39. The van der Waals surface area contributed by atoms with E-state index in [9.17, 15) is 18.3 Å². The number of rotatable bonds is 6. The lowest BCUT2D eigenvalue weighted by Gasteiger charge is -2.33. The van der Waals surface area contributed by atoms with Gasteiger partial charge in [0.05, 0.1) is 37.7 Å². The Morgan fingerprint density at radius 1 is 1.43 bits per heavy atom. The number of carbonyl (C=O) groups excluding carboxylic acids is 1. The highest BCUT2D eigenvalue weighted by Crippen LogP contribution is 2.27. The lowest BCUT2D eigenvalue weighted by Crippen LogP contribution is -2.46. The van der Waals surface area contributed by atoms with Crippen molar-refractivity contribution in [2.75, 3.05) is 25.5 Å². The number of amides is 1. The molecule has 1 amide bonds. The summed E-state index contributed by atoms with van der Waals surface area (Å²) in [6, 6.07) is -0.830. The molecule has 5 N–H and O–H groups in total. The van der Waals surface area contributed by atoms with Gasteiger partial charge < -0.3 is 25.5 Å². The second kappa shape index (κ2) is 8.39. The Kier molecular flexibility index (Phi) is 5.84. The van der Waals surface area contributed by atoms with E-state index in [1.54, 1.807) is 10.9 Å². The third-order valence-electron chi connectivity index (χ3n) is 5.22. The van der Waals surface area contributed by atoms with Crippen LogP contribution >= 0.6 is 0 Å². The topological polar surface area (TPSA) is 184 Å². The van der Waals surface area contributed by atoms with E-state index >= 15 is 0 Å². The molecule has 2 saturated heterocycles. The number of aromatic nitrogens is 4. The summed E-state index contributed by atoms with van der Waals surface area (Å²) in [5, 5.41) is 13.3. The van der Waals surface area contributed by atoms with Crippen LogP contribution in [0, 0.1) is 0 Å². The fourth-order valence-electron chi connectivity index (χ4n) is 3.62. The van der Waals surface area contributed by atoms with Crippen molar-refractivity contribution in [2.45, 2.75) is 43.6 Å². The summed E-state index contributed by atoms with van der Waals surface area (Å²) < 4.78 is 38.1. The lowest BCUT2D eigenvalue weighted by molar-refractivity contribution is -0.121. The van der Waals surface area contributed by atoms with Gasteiger partial charge in [-0.15, -0.1) is 0 Å². The molecule has 14 heteroatoms. The average molecular weight is 441 g/mol. The van der Waals surface area contributed by atoms with E-state index in [4.69, 9.17) is 14.7 Å². The van der Waals surface area contributed by atoms with Crippen LogP contribution in [0.5, 0.6) is 0 Å². The Morgan fingerprint density at radius 2 is 2.27 bits per heavy atom. The molecule has 2 fully saturated rings. The number of hydrogen-bond acceptors (Lipinski definition) is 11. The standard InChI is InChI=1S/C16H23N7O6S/c17-14-13-15(20-7-19-14)23(8-21-13)9-4-11(24)12(28-5-9)6-29-30(26,27)22-16(25)10-2-1-3-18-10/h7-12,18,24H,1-6H2,(H,22,25)(H2,17,19,20)/t9-,10-,11-,12+/m0/s1. The quantitative estimate of drug-likeness (QED) is 0.398. The lowest BCUT2D eigenvalue weighted by atomic mass is 10.0. The smallest absolute Gasteiger partial charge is 0.362 e. The van der Waals surface area contributed by atoms with E-state index in [0.717, 1.165) is 6.42 Å². The van der Waals surface area contributed by atoms with Crippen LogP contribution in [0.15, 0.2) is 12.7 Å². The molecule has 0 spiro atoms. The van der Waals surface area contributed by atoms with E-state index in [-0.39, 0.29) is 24.9 Å². The van der Waals surface area contributed by atoms with E-state index in [1.165, 1.54) is 6.33 Å². The molecule has 13 nitrogen and oxygen atoms in total. The molecule has 2 aromatic rings. The van der Waals surface area contributed by atoms with Gasteiger partial charge in [0.15, 0.2) is 11.5 Å². The molecule has 0 aliphatic carbocycles. The van der Waals surface area contributed by atoms with Gasteiger partial charge in [-0.05, 0) is 25.8 Å². The fourth-order valence-corrected chi connectivity index (χ4v) is 4.38. The van der Waals surface area contributed by atoms with Crippen LogP contribution in [-0.4, -0.2) is 77.0 Å². The number of aliphatic hydroxyl groups is 1. The van der Waals surface area contributed by atoms with Gasteiger partial charge in [-0.3, -0.25) is 8.98 Å². The minimum atomic E-state index is -4.31. The van der Waals surface area contributed by atoms with Gasteiger partial charge in [-0.25, -0.2) is 19.7 Å². The number of nitrogens with one attached hydrogen (secondary N) is 2. The number of ether oxygens (including phenoxy) is 1. The zero-order valence-corrected chi connectivity index (χ0v) is 16.8. The van der Waals surface area contributed by atoms with E-state index < -0.39 is 41.1 Å². The van der Waals surface area contributed by atoms with E-state index in [2.05, 4.69) is 20.3 Å². The molecule has 2 aliphatic heterocycles. The van der Waals surface area contributed by atoms with Crippen molar-refractivity contribution in [1.29, 1.82) is 0 Å². The van der Waals surface area contributed by atoms with Gasteiger partial charge in [0.25, 0.3) is 5.91 Å². The third-order valence-corrected chi connectivity index (χ3v) is 6.11. The minimum Gasteiger partial charge on any atom is -0.390 e. The molecule has 0 saturated carbocycles. The molecule has 4 atom stereocenters. The molecule has 0 bridgehead atoms. The highest BCUT2D eigenvalue weighted by Gasteiger charge is 2.34. The highest BCUT2D eigenvalue weighted by molar-refractivity contribution is 7.85. The highest BCUT2D eigenvalue weighted by atomic mass is 32.2. The van der Waals surface area contributed by atoms with Gasteiger partial charge in [0, 0.05) is 0 Å². The van der Waals surface area contributed by atoms with Crippen molar-refractivity contribution in [3.8, 4) is 0 Å². The molecule has 0 unspecified atom stereocenters. The van der Waals surface area contributed by atoms with Crippen molar-refractivity contribution < 1.29 is 27.2 Å². The van der Waals surface area contributed by atoms with Crippen molar-refractivity contribution in [3.05, 3.63) is 12.7 Å². The summed E-state index contributed by atoms with van der Waals surface area (Å²) in [6.45, 7) is 0.417. The maximum atomic E-state index is 12.0. The summed E-state index contributed by atoms with van der Waals surface area (Å²) in [5.74, 6) is -0.409. The predicted molar refractivity (Wildman–Crippen MR) is 103 cm³/mol. The maximum absolute atomic E-state index is 12.0. The van der Waals surface area contributed by atoms with Crippen molar-refractivity contribution >= 4 is 33.2 Å². The average Bonchev–Trinajstić information content (AvgIpc) is 3.37. The van der Waals surface area contributed by atoms with Crippen LogP contribution in [0.1, 0.15) is 25.3 Å². The number of fused-ring (bicyclic) bond motifs is 1. The summed E-state index contributed by atoms with van der Waals surface area (Å²) in [4.78, 5) is 24.2. The first-order valence-corrected chi connectivity index (χ1v) is 10.9. The normalized spacial score (nSPS) is 27.4. The first-order chi connectivity index (χ1) is 14.3. The molecular weight excluding hydrogens is 418 g/mol. The van der Waals surface area contributed by atoms with Crippen LogP contribution in [0.2, 0.25) is 0 Å². The number of hydrogen-bond donors (Lipinski definition) is 4. The van der Waals surface area contributed by atoms with Gasteiger partial charge in [-0.2, -0.15) is 8.42 Å². The molecule has 164 valence electrons. The zero-order chi connectivity index (χ0) is 21.3. The number of nitrogens with two attached hydrogens (primary N) is 1. The van der Waals surface area contributed by atoms with Crippen LogP contribution in [0.25, 0.3) is 11.2 Å². The first kappa shape index (κ1) is 20.9. The van der Waals surface area contributed by atoms with Crippen molar-refractivity contribution in [1.82, 2.24) is 29.6 Å². The number of imidazole rings is 1. The summed E-state index contributed by atoms with van der Waals surface area (Å²) >= 11 is 0. The van der Waals surface area contributed by atoms with Crippen LogP contribution in [0.4, 0.5) is 5.82 Å². The fraction of sp³-hybridized carbons (Fsp3) is 0.625. The predicted octanol–water partition coefficient (Wildman–Crippen LogP) is -1.77. The molecule has 0 radical (unpaired) electrons. The molecule has 4 rings (SSSR count). The summed E-state index contributed by atoms with van der Waals surface area (Å²) in [7, 11) is -4.31. The van der Waals surface area contributed by atoms with Crippen LogP contribution in [-0.2, 0) is 24.0 Å². The Morgan fingerprint density at radius 3 is 3.00 bits per heavy atom. The molecular formula is C16H23N7O6S. The first-order valence-electron chi connectivity index (χ1n) is 9.51. The number of nitrogen functional groups attached to an aromatic ring is 1. The molecule has 0 aromatic carbocycles. The second-order valence-electron chi connectivity index (χ2n) is 7.27. The SMILES string of the molecule is Nc1ncnc2c1ncn2[C@@H]1CO[C@H](COS(=O)(=O)NC(=O)[C@@H]2CCCN2)[C@@H](O)C1. The van der Waals surface area contributed by atoms with Crippen molar-refractivity contribution in [3.63, 3.8) is 0 Å². The van der Waals surface area contributed by atoms with Gasteiger partial charge in [0.1, 0.15) is 17.9 Å². The number of aliphatic hydroxyl groups excluding tert-OH is 1. The number of anilines is 1. The molecule has 4 heterocycles. The molecule has 2 aromatic heterocycles. The van der Waals surface area contributed by atoms with Crippen molar-refractivity contribution in [2.24, 2.45) is 0 Å². The third kappa shape index (κ3) is 4.37. The van der Waals surface area contributed by atoms with Crippen LogP contribution in [0.3, 0.4) is 0 Å². The molecule has 2 aliphatic rings. The van der Waals surface area contributed by atoms with E-state index in [1.807, 2.05) is 4.72 Å². The zero-order valence-electron chi connectivity index (χ0n) is 16.0. The number of nitrogens with zero attached hydrogens (tertiary/aromatic N) is 4. The Bertz CT molecular complexity index is 1020. The Labute approximate surface area is 172 Å². The van der Waals surface area contributed by atoms with Gasteiger partial charge in [0.2, 0.25) is 0 Å². The van der Waals surface area contributed by atoms with E-state index in [0.29, 0.717) is 24.1 Å². The monoisotopic (exact) mass is 441 g/mol. The summed E-state index contributed by atoms with van der Waals surface area (Å²) in [6.07, 6.45) is 2.63. The largest absolute Gasteiger partial charge is 0.390 e. The van der Waals surface area contributed by atoms with Crippen LogP contribution < -0.4 is 15.8 Å². The summed E-state index contributed by atoms with van der Waals surface area (Å²) in [5.41, 5.74) is 6.76. The molecule has 30 heavy (non-hydrogen) atoms. The van der Waals surface area contributed by atoms with Gasteiger partial charge in [-0.1, -0.05) is 0 Å². The second-order valence-corrected chi connectivity index (χ2v) is 8.61. The minimum absolute atomic E-state index is 0.179. The van der Waals surface area contributed by atoms with Gasteiger partial charge >= 0.3 is 10.3 Å². The Balaban J connectivity index is 1.33.